The summed E-state index contributed by atoms with van der Waals surface area (Å²) in [5, 5.41) is 0. The van der Waals surface area contributed by atoms with Gasteiger partial charge in [-0.15, -0.1) is 0 Å². The number of hydrogen-bond acceptors (Lipinski definition) is 5. The van der Waals surface area contributed by atoms with Crippen LogP contribution in [0.15, 0.2) is 18.2 Å². The van der Waals surface area contributed by atoms with Crippen molar-refractivity contribution in [2.45, 2.75) is 78.2 Å². The van der Waals surface area contributed by atoms with Crippen molar-refractivity contribution in [3.05, 3.63) is 29.6 Å². The standard InChI is InChI=1S/C20H31NO4/c1-4-5-6-7-8-9-10-11-15-24-19(22)17-13-12-14-18(21-17)20(23)25-16(2)3/h12-14,16H,4-11,15H2,1-3H3. The van der Waals surface area contributed by atoms with Gasteiger partial charge in [0.2, 0.25) is 0 Å². The molecule has 1 rings (SSSR count). The van der Waals surface area contributed by atoms with E-state index in [4.69, 9.17) is 9.47 Å². The minimum Gasteiger partial charge on any atom is -0.461 e. The Hall–Kier alpha value is -1.91. The molecule has 5 heteroatoms. The molecule has 0 aromatic carbocycles. The fourth-order valence-electron chi connectivity index (χ4n) is 2.41. The van der Waals surface area contributed by atoms with Crippen LogP contribution < -0.4 is 0 Å². The highest BCUT2D eigenvalue weighted by Crippen LogP contribution is 2.09. The highest BCUT2D eigenvalue weighted by Gasteiger charge is 2.15. The summed E-state index contributed by atoms with van der Waals surface area (Å²) >= 11 is 0. The summed E-state index contributed by atoms with van der Waals surface area (Å²) in [5.74, 6) is -1.03. The number of hydrogen-bond donors (Lipinski definition) is 0. The van der Waals surface area contributed by atoms with Crippen LogP contribution in [0.4, 0.5) is 0 Å². The van der Waals surface area contributed by atoms with E-state index in [1.54, 1.807) is 26.0 Å². The van der Waals surface area contributed by atoms with Crippen molar-refractivity contribution in [1.29, 1.82) is 0 Å². The van der Waals surface area contributed by atoms with Gasteiger partial charge in [-0.25, -0.2) is 14.6 Å². The van der Waals surface area contributed by atoms with E-state index in [9.17, 15) is 9.59 Å². The molecule has 1 heterocycles. The molecule has 0 N–H and O–H groups in total. The van der Waals surface area contributed by atoms with Crippen molar-refractivity contribution in [3.63, 3.8) is 0 Å². The van der Waals surface area contributed by atoms with Gasteiger partial charge in [0, 0.05) is 0 Å². The molecule has 0 fully saturated rings. The molecule has 0 radical (unpaired) electrons. The van der Waals surface area contributed by atoms with Gasteiger partial charge in [-0.2, -0.15) is 0 Å². The Bertz CT molecular complexity index is 528. The SMILES string of the molecule is CCCCCCCCCCOC(=O)c1cccc(C(=O)OC(C)C)n1. The van der Waals surface area contributed by atoms with Crippen LogP contribution >= 0.6 is 0 Å². The van der Waals surface area contributed by atoms with Gasteiger partial charge >= 0.3 is 11.9 Å². The van der Waals surface area contributed by atoms with E-state index in [0.717, 1.165) is 12.8 Å². The number of unbranched alkanes of at least 4 members (excludes halogenated alkanes) is 7. The normalized spacial score (nSPS) is 10.7. The van der Waals surface area contributed by atoms with Crippen LogP contribution in [0, 0.1) is 0 Å². The molecule has 1 aromatic heterocycles. The molecule has 0 saturated heterocycles. The first-order chi connectivity index (χ1) is 12.0. The molecule has 0 aliphatic carbocycles. The van der Waals surface area contributed by atoms with Crippen molar-refractivity contribution in [1.82, 2.24) is 4.98 Å². The summed E-state index contributed by atoms with van der Waals surface area (Å²) in [4.78, 5) is 27.9. The first kappa shape index (κ1) is 21.1. The monoisotopic (exact) mass is 349 g/mol. The molecule has 0 atom stereocenters. The number of esters is 2. The Morgan fingerprint density at radius 2 is 1.48 bits per heavy atom. The number of carbonyl (C=O) groups is 2. The highest BCUT2D eigenvalue weighted by molar-refractivity contribution is 5.91. The summed E-state index contributed by atoms with van der Waals surface area (Å²) in [7, 11) is 0. The van der Waals surface area contributed by atoms with Gasteiger partial charge in [-0.1, -0.05) is 57.9 Å². The predicted octanol–water partition coefficient (Wildman–Crippen LogP) is 4.94. The molecule has 25 heavy (non-hydrogen) atoms. The van der Waals surface area contributed by atoms with Crippen LogP contribution in [0.1, 0.15) is 93.1 Å². The van der Waals surface area contributed by atoms with E-state index in [1.165, 1.54) is 44.6 Å². The average molecular weight is 349 g/mol. The smallest absolute Gasteiger partial charge is 0.357 e. The molecular formula is C20H31NO4. The van der Waals surface area contributed by atoms with Crippen LogP contribution in [0.25, 0.3) is 0 Å². The van der Waals surface area contributed by atoms with Gasteiger partial charge in [0.1, 0.15) is 11.4 Å². The molecule has 5 nitrogen and oxygen atoms in total. The summed E-state index contributed by atoms with van der Waals surface area (Å²) in [6, 6.07) is 4.68. The van der Waals surface area contributed by atoms with Gasteiger partial charge in [0.05, 0.1) is 12.7 Å². The first-order valence-electron chi connectivity index (χ1n) is 9.39. The third-order valence-corrected chi connectivity index (χ3v) is 3.74. The lowest BCUT2D eigenvalue weighted by atomic mass is 10.1. The van der Waals surface area contributed by atoms with E-state index in [2.05, 4.69) is 11.9 Å². The Morgan fingerprint density at radius 3 is 2.08 bits per heavy atom. The predicted molar refractivity (Wildman–Crippen MR) is 97.7 cm³/mol. The molecule has 1 aromatic rings. The molecule has 0 saturated carbocycles. The zero-order chi connectivity index (χ0) is 18.5. The Balaban J connectivity index is 2.27. The molecule has 0 aliphatic rings. The molecule has 0 unspecified atom stereocenters. The fourth-order valence-corrected chi connectivity index (χ4v) is 2.41. The maximum atomic E-state index is 12.0. The maximum Gasteiger partial charge on any atom is 0.357 e. The number of aromatic nitrogens is 1. The van der Waals surface area contributed by atoms with Crippen LogP contribution in [0.5, 0.6) is 0 Å². The second-order valence-corrected chi connectivity index (χ2v) is 6.47. The Kier molecular flexibility index (Phi) is 10.5. The van der Waals surface area contributed by atoms with E-state index >= 15 is 0 Å². The fraction of sp³-hybridized carbons (Fsp3) is 0.650. The number of rotatable bonds is 12. The second kappa shape index (κ2) is 12.5. The summed E-state index contributed by atoms with van der Waals surface area (Å²) < 4.78 is 10.3. The summed E-state index contributed by atoms with van der Waals surface area (Å²) in [5.41, 5.74) is 0.257. The van der Waals surface area contributed by atoms with Crippen molar-refractivity contribution in [2.75, 3.05) is 6.61 Å². The molecular weight excluding hydrogens is 318 g/mol. The van der Waals surface area contributed by atoms with Gasteiger partial charge < -0.3 is 9.47 Å². The Morgan fingerprint density at radius 1 is 0.920 bits per heavy atom. The number of ether oxygens (including phenoxy) is 2. The van der Waals surface area contributed by atoms with Crippen LogP contribution in [-0.4, -0.2) is 29.6 Å². The van der Waals surface area contributed by atoms with Crippen molar-refractivity contribution >= 4 is 11.9 Å². The van der Waals surface area contributed by atoms with Crippen molar-refractivity contribution in [2.24, 2.45) is 0 Å². The molecule has 0 aliphatic heterocycles. The summed E-state index contributed by atoms with van der Waals surface area (Å²) in [6.07, 6.45) is 9.29. The molecule has 0 bridgehead atoms. The highest BCUT2D eigenvalue weighted by atomic mass is 16.5. The topological polar surface area (TPSA) is 65.5 Å². The number of carbonyl (C=O) groups excluding carboxylic acids is 2. The quantitative estimate of drug-likeness (QED) is 0.395. The van der Waals surface area contributed by atoms with E-state index < -0.39 is 11.9 Å². The van der Waals surface area contributed by atoms with E-state index in [1.807, 2.05) is 0 Å². The maximum absolute atomic E-state index is 12.0. The van der Waals surface area contributed by atoms with Crippen LogP contribution in [0.2, 0.25) is 0 Å². The number of pyridine rings is 1. The lowest BCUT2D eigenvalue weighted by Crippen LogP contribution is -2.15. The number of nitrogens with zero attached hydrogens (tertiary/aromatic N) is 1. The first-order valence-corrected chi connectivity index (χ1v) is 9.39. The minimum atomic E-state index is -0.535. The van der Waals surface area contributed by atoms with Crippen LogP contribution in [0.3, 0.4) is 0 Å². The lowest BCUT2D eigenvalue weighted by molar-refractivity contribution is 0.0370. The zero-order valence-electron chi connectivity index (χ0n) is 15.8. The lowest BCUT2D eigenvalue weighted by Gasteiger charge is -2.08. The summed E-state index contributed by atoms with van der Waals surface area (Å²) in [6.45, 7) is 6.13. The molecule has 0 spiro atoms. The van der Waals surface area contributed by atoms with Gasteiger partial charge in [0.15, 0.2) is 0 Å². The largest absolute Gasteiger partial charge is 0.461 e. The third-order valence-electron chi connectivity index (χ3n) is 3.74. The Labute approximate surface area is 151 Å². The van der Waals surface area contributed by atoms with Crippen molar-refractivity contribution < 1.29 is 19.1 Å². The molecule has 140 valence electrons. The third kappa shape index (κ3) is 9.22. The van der Waals surface area contributed by atoms with Crippen molar-refractivity contribution in [3.8, 4) is 0 Å². The minimum absolute atomic E-state index is 0.121. The van der Waals surface area contributed by atoms with Gasteiger partial charge in [0.25, 0.3) is 0 Å². The average Bonchev–Trinajstić information content (AvgIpc) is 2.59. The second-order valence-electron chi connectivity index (χ2n) is 6.47. The van der Waals surface area contributed by atoms with Crippen LogP contribution in [-0.2, 0) is 9.47 Å². The molecule has 0 amide bonds. The van der Waals surface area contributed by atoms with E-state index in [-0.39, 0.29) is 17.5 Å². The van der Waals surface area contributed by atoms with Gasteiger partial charge in [-0.3, -0.25) is 0 Å². The van der Waals surface area contributed by atoms with Gasteiger partial charge in [-0.05, 0) is 32.4 Å². The zero-order valence-corrected chi connectivity index (χ0v) is 15.8. The van der Waals surface area contributed by atoms with E-state index in [0.29, 0.717) is 6.61 Å².